The zero-order valence-electron chi connectivity index (χ0n) is 23.2. The summed E-state index contributed by atoms with van der Waals surface area (Å²) >= 11 is 5.95. The van der Waals surface area contributed by atoms with Gasteiger partial charge in [0.05, 0.1) is 42.0 Å². The molecule has 3 aromatic carbocycles. The molecule has 0 saturated carbocycles. The van der Waals surface area contributed by atoms with Crippen molar-refractivity contribution in [3.63, 3.8) is 0 Å². The van der Waals surface area contributed by atoms with E-state index in [0.717, 1.165) is 43.0 Å². The van der Waals surface area contributed by atoms with Crippen molar-refractivity contribution in [1.29, 1.82) is 0 Å². The molecule has 10 heteroatoms. The van der Waals surface area contributed by atoms with Crippen LogP contribution in [0.15, 0.2) is 59.6 Å². The number of benzene rings is 3. The van der Waals surface area contributed by atoms with Crippen LogP contribution in [-0.2, 0) is 13.1 Å². The number of aromatic nitrogens is 2. The fourth-order valence-corrected chi connectivity index (χ4v) is 6.01. The first-order chi connectivity index (χ1) is 20.3. The van der Waals surface area contributed by atoms with Crippen molar-refractivity contribution >= 4 is 40.5 Å². The van der Waals surface area contributed by atoms with Crippen LogP contribution in [0.5, 0.6) is 5.75 Å². The molecule has 1 fully saturated rings. The SMILES string of the molecule is CC[C@H](O)Cn1c(CN2CCC(c3cccc4c3O[C@H](c3ccc(Cl)cc3F)C=N4)CC2)nc2ccc(C(=O)O)cc21. The summed E-state index contributed by atoms with van der Waals surface area (Å²) in [5.74, 6) is 0.332. The van der Waals surface area contributed by atoms with E-state index in [0.29, 0.717) is 46.9 Å². The van der Waals surface area contributed by atoms with Crippen LogP contribution < -0.4 is 4.74 Å². The lowest BCUT2D eigenvalue weighted by Crippen LogP contribution is -2.34. The largest absolute Gasteiger partial charge is 0.478 e. The maximum Gasteiger partial charge on any atom is 0.335 e. The number of piperidine rings is 1. The van der Waals surface area contributed by atoms with Gasteiger partial charge in [0.15, 0.2) is 6.10 Å². The number of rotatable bonds is 8. The van der Waals surface area contributed by atoms with Crippen molar-refractivity contribution in [3.8, 4) is 5.75 Å². The number of aliphatic hydroxyl groups is 1. The van der Waals surface area contributed by atoms with E-state index in [1.807, 2.05) is 23.6 Å². The number of aliphatic imine (C=N–C) groups is 1. The molecular formula is C32H32ClFN4O4. The molecule has 4 aromatic rings. The number of nitrogens with zero attached hydrogens (tertiary/aromatic N) is 4. The lowest BCUT2D eigenvalue weighted by molar-refractivity contribution is 0.0697. The number of hydrogen-bond donors (Lipinski definition) is 2. The second kappa shape index (κ2) is 11.8. The third-order valence-corrected chi connectivity index (χ3v) is 8.45. The molecule has 0 bridgehead atoms. The zero-order valence-corrected chi connectivity index (χ0v) is 24.0. The van der Waals surface area contributed by atoms with Crippen LogP contribution in [0.25, 0.3) is 11.0 Å². The average Bonchev–Trinajstić information content (AvgIpc) is 3.32. The highest BCUT2D eigenvalue weighted by atomic mass is 35.5. The van der Waals surface area contributed by atoms with Crippen LogP contribution >= 0.6 is 11.6 Å². The van der Waals surface area contributed by atoms with Gasteiger partial charge in [-0.2, -0.15) is 0 Å². The number of halogens is 2. The Bertz CT molecular complexity index is 1660. The van der Waals surface area contributed by atoms with E-state index >= 15 is 0 Å². The third kappa shape index (κ3) is 5.64. The molecule has 42 heavy (non-hydrogen) atoms. The Hall–Kier alpha value is -3.79. The Morgan fingerprint density at radius 1 is 1.14 bits per heavy atom. The smallest absolute Gasteiger partial charge is 0.335 e. The lowest BCUT2D eigenvalue weighted by atomic mass is 9.88. The average molecular weight is 591 g/mol. The van der Waals surface area contributed by atoms with E-state index in [4.69, 9.17) is 21.3 Å². The van der Waals surface area contributed by atoms with Crippen LogP contribution in [0.1, 0.15) is 65.5 Å². The summed E-state index contributed by atoms with van der Waals surface area (Å²) in [5, 5.41) is 20.3. The van der Waals surface area contributed by atoms with Gasteiger partial charge in [0.1, 0.15) is 23.1 Å². The molecule has 0 unspecified atom stereocenters. The van der Waals surface area contributed by atoms with Gasteiger partial charge in [-0.3, -0.25) is 9.89 Å². The highest BCUT2D eigenvalue weighted by Crippen LogP contribution is 2.44. The van der Waals surface area contributed by atoms with Crippen molar-refractivity contribution in [2.75, 3.05) is 13.1 Å². The van der Waals surface area contributed by atoms with Crippen molar-refractivity contribution in [3.05, 3.63) is 88.0 Å². The van der Waals surface area contributed by atoms with Gasteiger partial charge in [-0.05, 0) is 80.2 Å². The number of ether oxygens (including phenoxy) is 1. The first kappa shape index (κ1) is 28.3. The van der Waals surface area contributed by atoms with Crippen molar-refractivity contribution in [1.82, 2.24) is 14.5 Å². The number of fused-ring (bicyclic) bond motifs is 2. The predicted molar refractivity (Wildman–Crippen MR) is 160 cm³/mol. The molecule has 6 rings (SSSR count). The number of carbonyl (C=O) groups is 1. The van der Waals surface area contributed by atoms with Crippen LogP contribution in [0.2, 0.25) is 5.02 Å². The van der Waals surface area contributed by atoms with E-state index in [-0.39, 0.29) is 11.5 Å². The zero-order chi connectivity index (χ0) is 29.4. The Kier molecular flexibility index (Phi) is 7.98. The summed E-state index contributed by atoms with van der Waals surface area (Å²) in [7, 11) is 0. The van der Waals surface area contributed by atoms with E-state index in [2.05, 4.69) is 16.0 Å². The van der Waals surface area contributed by atoms with E-state index < -0.39 is 24.0 Å². The second-order valence-corrected chi connectivity index (χ2v) is 11.4. The van der Waals surface area contributed by atoms with E-state index in [1.165, 1.54) is 6.07 Å². The topological polar surface area (TPSA) is 100 Å². The van der Waals surface area contributed by atoms with Crippen LogP contribution in [0.3, 0.4) is 0 Å². The first-order valence-electron chi connectivity index (χ1n) is 14.2. The molecule has 1 saturated heterocycles. The quantitative estimate of drug-likeness (QED) is 0.242. The summed E-state index contributed by atoms with van der Waals surface area (Å²) < 4.78 is 23.0. The molecule has 3 heterocycles. The minimum Gasteiger partial charge on any atom is -0.478 e. The number of carboxylic acid groups (broad SMARTS) is 1. The molecule has 0 amide bonds. The monoisotopic (exact) mass is 590 g/mol. The molecule has 0 spiro atoms. The maximum absolute atomic E-state index is 14.7. The Morgan fingerprint density at radius 3 is 2.69 bits per heavy atom. The molecule has 0 aliphatic carbocycles. The lowest BCUT2D eigenvalue weighted by Gasteiger charge is -2.34. The molecule has 2 N–H and O–H groups in total. The van der Waals surface area contributed by atoms with Crippen LogP contribution in [-0.4, -0.2) is 56.0 Å². The van der Waals surface area contributed by atoms with Crippen LogP contribution in [0, 0.1) is 5.82 Å². The summed E-state index contributed by atoms with van der Waals surface area (Å²) in [5.41, 5.74) is 3.83. The van der Waals surface area contributed by atoms with Gasteiger partial charge in [-0.15, -0.1) is 0 Å². The van der Waals surface area contributed by atoms with Crippen molar-refractivity contribution in [2.45, 2.75) is 57.4 Å². The van der Waals surface area contributed by atoms with Gasteiger partial charge >= 0.3 is 5.97 Å². The fourth-order valence-electron chi connectivity index (χ4n) is 5.85. The number of aliphatic hydroxyl groups excluding tert-OH is 1. The van der Waals surface area contributed by atoms with Crippen molar-refractivity contribution in [2.24, 2.45) is 4.99 Å². The summed E-state index contributed by atoms with van der Waals surface area (Å²) in [6.45, 7) is 4.51. The number of hydrogen-bond acceptors (Lipinski definition) is 6. The first-order valence-corrected chi connectivity index (χ1v) is 14.6. The van der Waals surface area contributed by atoms with E-state index in [1.54, 1.807) is 36.5 Å². The fraction of sp³-hybridized carbons (Fsp3) is 0.344. The number of aromatic carboxylic acids is 1. The molecule has 2 aliphatic rings. The minimum absolute atomic E-state index is 0.195. The minimum atomic E-state index is -0.994. The van der Waals surface area contributed by atoms with Crippen LogP contribution in [0.4, 0.5) is 10.1 Å². The molecule has 2 atom stereocenters. The summed E-state index contributed by atoms with van der Waals surface area (Å²) in [6.07, 6.45) is 2.81. The summed E-state index contributed by atoms with van der Waals surface area (Å²) in [4.78, 5) is 23.3. The highest BCUT2D eigenvalue weighted by molar-refractivity contribution is 6.30. The number of para-hydroxylation sites is 1. The van der Waals surface area contributed by atoms with E-state index in [9.17, 15) is 19.4 Å². The molecule has 0 radical (unpaired) electrons. The summed E-state index contributed by atoms with van der Waals surface area (Å²) in [6, 6.07) is 15.5. The van der Waals surface area contributed by atoms with Gasteiger partial charge in [0, 0.05) is 10.6 Å². The van der Waals surface area contributed by atoms with Gasteiger partial charge in [-0.1, -0.05) is 36.7 Å². The standard InChI is InChI=1S/C32H32ClFN4O4/c1-2-22(39)17-38-28-14-20(32(40)41)6-9-26(28)36-30(38)18-37-12-10-19(11-13-37)23-4-3-5-27-31(23)42-29(16-35-27)24-8-7-21(33)15-25(24)34/h3-9,14-16,19,22,29,39H,2,10-13,17-18H2,1H3,(H,40,41)/t22-,29-/m0/s1. The molecule has 218 valence electrons. The molecular weight excluding hydrogens is 559 g/mol. The Labute approximate surface area is 248 Å². The molecule has 2 aliphatic heterocycles. The predicted octanol–water partition coefficient (Wildman–Crippen LogP) is 6.51. The van der Waals surface area contributed by atoms with Crippen molar-refractivity contribution < 1.29 is 24.1 Å². The number of imidazole rings is 1. The van der Waals surface area contributed by atoms with Gasteiger partial charge in [-0.25, -0.2) is 14.2 Å². The Balaban J connectivity index is 1.19. The molecule has 1 aromatic heterocycles. The highest BCUT2D eigenvalue weighted by Gasteiger charge is 2.29. The Morgan fingerprint density at radius 2 is 1.95 bits per heavy atom. The van der Waals surface area contributed by atoms with Gasteiger partial charge in [0.2, 0.25) is 0 Å². The van der Waals surface area contributed by atoms with Gasteiger partial charge < -0.3 is 19.5 Å². The number of carboxylic acids is 1. The normalized spacial score (nSPS) is 18.1. The van der Waals surface area contributed by atoms with Gasteiger partial charge in [0.25, 0.3) is 0 Å². The molecule has 8 nitrogen and oxygen atoms in total. The number of likely N-dealkylation sites (tertiary alicyclic amines) is 1. The second-order valence-electron chi connectivity index (χ2n) is 10.9. The third-order valence-electron chi connectivity index (χ3n) is 8.22. The maximum atomic E-state index is 14.7.